The molecule has 0 bridgehead atoms. The second kappa shape index (κ2) is 6.13. The molecule has 126 valence electrons. The molecule has 1 aliphatic heterocycles. The standard InChI is InChI=1S/C13H18F4N2O3/c1-8(14)10(20)19-6-5-18(7-9(19)13(15,16)17)11(21)22-12(2,3)4/h9H,1,5-7H2,2-4H3/t9-/m1/s1. The molecule has 0 saturated carbocycles. The molecule has 1 fully saturated rings. The summed E-state index contributed by atoms with van der Waals surface area (Å²) in [6, 6.07) is -2.30. The zero-order chi connectivity index (χ0) is 17.3. The number of carbonyl (C=O) groups is 2. The molecule has 2 amide bonds. The summed E-state index contributed by atoms with van der Waals surface area (Å²) in [5, 5.41) is 0. The number of ether oxygens (including phenoxy) is 1. The van der Waals surface area contributed by atoms with Crippen molar-refractivity contribution >= 4 is 12.0 Å². The van der Waals surface area contributed by atoms with Gasteiger partial charge in [-0.2, -0.15) is 13.2 Å². The van der Waals surface area contributed by atoms with Crippen molar-refractivity contribution in [2.45, 2.75) is 38.6 Å². The van der Waals surface area contributed by atoms with Gasteiger partial charge >= 0.3 is 12.3 Å². The summed E-state index contributed by atoms with van der Waals surface area (Å²) >= 11 is 0. The van der Waals surface area contributed by atoms with Crippen LogP contribution in [-0.4, -0.2) is 59.3 Å². The van der Waals surface area contributed by atoms with Crippen LogP contribution in [0, 0.1) is 0 Å². The van der Waals surface area contributed by atoms with Crippen molar-refractivity contribution in [2.75, 3.05) is 19.6 Å². The molecule has 0 aromatic heterocycles. The molecular weight excluding hydrogens is 308 g/mol. The minimum atomic E-state index is -4.80. The molecular formula is C13H18F4N2O3. The molecule has 0 spiro atoms. The summed E-state index contributed by atoms with van der Waals surface area (Å²) in [6.45, 7) is 6.02. The first-order chi connectivity index (χ1) is 9.83. The number of halogens is 4. The average molecular weight is 326 g/mol. The Kier molecular flexibility index (Phi) is 5.09. The highest BCUT2D eigenvalue weighted by molar-refractivity contribution is 5.91. The molecule has 5 nitrogen and oxygen atoms in total. The van der Waals surface area contributed by atoms with Crippen molar-refractivity contribution in [3.8, 4) is 0 Å². The van der Waals surface area contributed by atoms with E-state index in [2.05, 4.69) is 6.58 Å². The van der Waals surface area contributed by atoms with E-state index in [1.807, 2.05) is 0 Å². The molecule has 0 aliphatic carbocycles. The van der Waals surface area contributed by atoms with Crippen LogP contribution in [0.25, 0.3) is 0 Å². The van der Waals surface area contributed by atoms with E-state index in [0.29, 0.717) is 4.90 Å². The number of hydrogen-bond acceptors (Lipinski definition) is 3. The predicted octanol–water partition coefficient (Wildman–Crippen LogP) is 2.48. The molecule has 0 radical (unpaired) electrons. The third-order valence-electron chi connectivity index (χ3n) is 2.90. The monoisotopic (exact) mass is 326 g/mol. The summed E-state index contributed by atoms with van der Waals surface area (Å²) in [4.78, 5) is 24.5. The second-order valence-electron chi connectivity index (χ2n) is 5.89. The summed E-state index contributed by atoms with van der Waals surface area (Å²) in [5.74, 6) is -2.90. The molecule has 0 aromatic carbocycles. The number of hydrogen-bond donors (Lipinski definition) is 0. The molecule has 1 saturated heterocycles. The van der Waals surface area contributed by atoms with Gasteiger partial charge in [-0.15, -0.1) is 0 Å². The van der Waals surface area contributed by atoms with Gasteiger partial charge in [0.25, 0.3) is 5.91 Å². The van der Waals surface area contributed by atoms with Crippen molar-refractivity contribution in [1.82, 2.24) is 9.80 Å². The van der Waals surface area contributed by atoms with E-state index in [1.165, 1.54) is 0 Å². The normalized spacial score (nSPS) is 19.9. The van der Waals surface area contributed by atoms with Crippen LogP contribution in [0.2, 0.25) is 0 Å². The van der Waals surface area contributed by atoms with E-state index in [4.69, 9.17) is 4.74 Å². The van der Waals surface area contributed by atoms with Gasteiger partial charge in [-0.3, -0.25) is 4.79 Å². The SMILES string of the molecule is C=C(F)C(=O)N1CCN(C(=O)OC(C)(C)C)C[C@@H]1C(F)(F)F. The van der Waals surface area contributed by atoms with E-state index >= 15 is 0 Å². The third kappa shape index (κ3) is 4.60. The maximum absolute atomic E-state index is 13.1. The van der Waals surface area contributed by atoms with Crippen LogP contribution < -0.4 is 0 Å². The Morgan fingerprint density at radius 1 is 1.18 bits per heavy atom. The first-order valence-corrected chi connectivity index (χ1v) is 6.53. The lowest BCUT2D eigenvalue weighted by molar-refractivity contribution is -0.198. The Hall–Kier alpha value is -1.80. The summed E-state index contributed by atoms with van der Waals surface area (Å²) in [5.41, 5.74) is -0.856. The van der Waals surface area contributed by atoms with E-state index < -0.39 is 48.7 Å². The third-order valence-corrected chi connectivity index (χ3v) is 2.90. The topological polar surface area (TPSA) is 49.9 Å². The molecule has 1 atom stereocenters. The fourth-order valence-corrected chi connectivity index (χ4v) is 1.95. The van der Waals surface area contributed by atoms with Gasteiger partial charge in [-0.25, -0.2) is 9.18 Å². The van der Waals surface area contributed by atoms with E-state index in [-0.39, 0.29) is 6.54 Å². The molecule has 22 heavy (non-hydrogen) atoms. The maximum Gasteiger partial charge on any atom is 0.410 e. The van der Waals surface area contributed by atoms with Gasteiger partial charge in [-0.1, -0.05) is 6.58 Å². The van der Waals surface area contributed by atoms with Crippen LogP contribution in [-0.2, 0) is 9.53 Å². The van der Waals surface area contributed by atoms with E-state index in [1.54, 1.807) is 20.8 Å². The zero-order valence-corrected chi connectivity index (χ0v) is 12.5. The lowest BCUT2D eigenvalue weighted by Crippen LogP contribution is -2.62. The van der Waals surface area contributed by atoms with Gasteiger partial charge in [0.1, 0.15) is 11.6 Å². The van der Waals surface area contributed by atoms with Crippen LogP contribution in [0.5, 0.6) is 0 Å². The van der Waals surface area contributed by atoms with Crippen LogP contribution in [0.3, 0.4) is 0 Å². The van der Waals surface area contributed by atoms with E-state index in [0.717, 1.165) is 4.90 Å². The van der Waals surface area contributed by atoms with Gasteiger partial charge in [0.15, 0.2) is 5.83 Å². The van der Waals surface area contributed by atoms with Crippen molar-refractivity contribution in [1.29, 1.82) is 0 Å². The fourth-order valence-electron chi connectivity index (χ4n) is 1.95. The minimum absolute atomic E-state index is 0.180. The molecule has 1 rings (SSSR count). The van der Waals surface area contributed by atoms with Crippen molar-refractivity contribution < 1.29 is 31.9 Å². The summed E-state index contributed by atoms with van der Waals surface area (Å²) < 4.78 is 57.1. The Balaban J connectivity index is 2.91. The molecule has 1 heterocycles. The maximum atomic E-state index is 13.1. The number of carbonyl (C=O) groups excluding carboxylic acids is 2. The number of piperazine rings is 1. The van der Waals surface area contributed by atoms with Gasteiger partial charge < -0.3 is 14.5 Å². The van der Waals surface area contributed by atoms with Gasteiger partial charge in [0, 0.05) is 13.1 Å². The molecule has 9 heteroatoms. The lowest BCUT2D eigenvalue weighted by atomic mass is 10.1. The molecule has 0 unspecified atom stereocenters. The van der Waals surface area contributed by atoms with Gasteiger partial charge in [0.05, 0.1) is 6.54 Å². The van der Waals surface area contributed by atoms with Crippen molar-refractivity contribution in [3.63, 3.8) is 0 Å². The van der Waals surface area contributed by atoms with Crippen molar-refractivity contribution in [3.05, 3.63) is 12.4 Å². The summed E-state index contributed by atoms with van der Waals surface area (Å²) in [7, 11) is 0. The average Bonchev–Trinajstić information content (AvgIpc) is 2.33. The lowest BCUT2D eigenvalue weighted by Gasteiger charge is -2.41. The number of nitrogens with zero attached hydrogens (tertiary/aromatic N) is 2. The predicted molar refractivity (Wildman–Crippen MR) is 69.6 cm³/mol. The van der Waals surface area contributed by atoms with E-state index in [9.17, 15) is 27.2 Å². The van der Waals surface area contributed by atoms with Crippen LogP contribution in [0.4, 0.5) is 22.4 Å². The highest BCUT2D eigenvalue weighted by atomic mass is 19.4. The van der Waals surface area contributed by atoms with Crippen LogP contribution >= 0.6 is 0 Å². The quantitative estimate of drug-likeness (QED) is 0.549. The summed E-state index contributed by atoms with van der Waals surface area (Å²) in [6.07, 6.45) is -5.71. The Morgan fingerprint density at radius 2 is 1.73 bits per heavy atom. The van der Waals surface area contributed by atoms with Crippen LogP contribution in [0.1, 0.15) is 20.8 Å². The fraction of sp³-hybridized carbons (Fsp3) is 0.692. The second-order valence-corrected chi connectivity index (χ2v) is 5.89. The Labute approximate surface area is 125 Å². The number of rotatable bonds is 1. The van der Waals surface area contributed by atoms with Gasteiger partial charge in [0.2, 0.25) is 0 Å². The van der Waals surface area contributed by atoms with Crippen molar-refractivity contribution in [2.24, 2.45) is 0 Å². The number of alkyl halides is 3. The largest absolute Gasteiger partial charge is 0.444 e. The highest BCUT2D eigenvalue weighted by Gasteiger charge is 2.49. The minimum Gasteiger partial charge on any atom is -0.444 e. The molecule has 0 N–H and O–H groups in total. The first-order valence-electron chi connectivity index (χ1n) is 6.53. The van der Waals surface area contributed by atoms with Gasteiger partial charge in [-0.05, 0) is 20.8 Å². The highest BCUT2D eigenvalue weighted by Crippen LogP contribution is 2.29. The van der Waals surface area contributed by atoms with Crippen LogP contribution in [0.15, 0.2) is 12.4 Å². The molecule has 1 aliphatic rings. The molecule has 0 aromatic rings. The Morgan fingerprint density at radius 3 is 2.14 bits per heavy atom. The zero-order valence-electron chi connectivity index (χ0n) is 12.5. The number of amides is 2. The first kappa shape index (κ1) is 18.2. The smallest absolute Gasteiger partial charge is 0.410 e. The Bertz CT molecular complexity index is 471.